The van der Waals surface area contributed by atoms with Crippen LogP contribution in [0, 0.1) is 11.8 Å². The maximum atomic E-state index is 13.8. The van der Waals surface area contributed by atoms with Crippen LogP contribution in [0.15, 0.2) is 0 Å². The predicted octanol–water partition coefficient (Wildman–Crippen LogP) is 5.99. The number of rotatable bonds is 4. The van der Waals surface area contributed by atoms with Crippen LogP contribution in [-0.2, 0) is 19.7 Å². The Hall–Kier alpha value is -0.100. The fourth-order valence-electron chi connectivity index (χ4n) is 7.50. The summed E-state index contributed by atoms with van der Waals surface area (Å²) in [5, 5.41) is -0.940. The summed E-state index contributed by atoms with van der Waals surface area (Å²) < 4.78 is 55.2. The Kier molecular flexibility index (Phi) is 8.10. The van der Waals surface area contributed by atoms with Crippen LogP contribution in [0.25, 0.3) is 0 Å². The molecule has 4 nitrogen and oxygen atoms in total. The quantitative estimate of drug-likeness (QED) is 0.504. The SMILES string of the molecule is O=S(=O)(C1CCCCC1)C1CCC(S(=O)(=O)C2CCCCC2)C2CCCCCCCC21. The Morgan fingerprint density at radius 1 is 0.355 bits per heavy atom. The Bertz CT molecular complexity index is 710. The van der Waals surface area contributed by atoms with Crippen molar-refractivity contribution < 1.29 is 16.8 Å². The second-order valence-electron chi connectivity index (χ2n) is 11.0. The first kappa shape index (κ1) is 24.0. The van der Waals surface area contributed by atoms with Crippen LogP contribution in [0.3, 0.4) is 0 Å². The van der Waals surface area contributed by atoms with Gasteiger partial charge in [0.15, 0.2) is 19.7 Å². The summed E-state index contributed by atoms with van der Waals surface area (Å²) in [7, 11) is -6.37. The van der Waals surface area contributed by atoms with E-state index >= 15 is 0 Å². The standard InChI is InChI=1S/C25H44O4S2/c26-30(27,20-12-6-4-7-13-20)24-18-19-25(31(28,29)21-14-8-5-9-15-21)23-17-11-3-1-2-10-16-22(23)24/h20-25H,1-19H2. The molecule has 0 N–H and O–H groups in total. The van der Waals surface area contributed by atoms with Crippen LogP contribution in [0.2, 0.25) is 0 Å². The van der Waals surface area contributed by atoms with Gasteiger partial charge in [0.1, 0.15) is 0 Å². The van der Waals surface area contributed by atoms with Gasteiger partial charge in [-0.1, -0.05) is 70.6 Å². The lowest BCUT2D eigenvalue weighted by molar-refractivity contribution is 0.211. The van der Waals surface area contributed by atoms with Crippen molar-refractivity contribution in [3.8, 4) is 0 Å². The minimum atomic E-state index is -3.18. The van der Waals surface area contributed by atoms with E-state index in [9.17, 15) is 16.8 Å². The summed E-state index contributed by atoms with van der Waals surface area (Å²) in [4.78, 5) is 0. The van der Waals surface area contributed by atoms with Gasteiger partial charge in [-0.3, -0.25) is 0 Å². The third-order valence-corrected chi connectivity index (χ3v) is 14.9. The molecule has 4 aliphatic rings. The molecular formula is C25H44O4S2. The Labute approximate surface area is 191 Å². The van der Waals surface area contributed by atoms with Crippen molar-refractivity contribution in [2.75, 3.05) is 0 Å². The summed E-state index contributed by atoms with van der Waals surface area (Å²) in [5.41, 5.74) is 0. The molecule has 0 aromatic rings. The highest BCUT2D eigenvalue weighted by Crippen LogP contribution is 2.47. The highest BCUT2D eigenvalue weighted by Gasteiger charge is 2.51. The van der Waals surface area contributed by atoms with Crippen molar-refractivity contribution in [1.82, 2.24) is 0 Å². The van der Waals surface area contributed by atoms with Gasteiger partial charge in [0.05, 0.1) is 21.0 Å². The second-order valence-corrected chi connectivity index (χ2v) is 15.9. The van der Waals surface area contributed by atoms with Gasteiger partial charge >= 0.3 is 0 Å². The van der Waals surface area contributed by atoms with E-state index in [0.717, 1.165) is 89.9 Å². The zero-order valence-corrected chi connectivity index (χ0v) is 21.0. The zero-order chi connectivity index (χ0) is 21.9. The maximum Gasteiger partial charge on any atom is 0.156 e. The molecule has 0 aromatic carbocycles. The molecule has 0 saturated heterocycles. The van der Waals surface area contributed by atoms with Gasteiger partial charge in [0.2, 0.25) is 0 Å². The fraction of sp³-hybridized carbons (Fsp3) is 1.00. The molecule has 0 aromatic heterocycles. The molecule has 180 valence electrons. The lowest BCUT2D eigenvalue weighted by atomic mass is 9.74. The fourth-order valence-corrected chi connectivity index (χ4v) is 13.0. The van der Waals surface area contributed by atoms with E-state index in [1.807, 2.05) is 0 Å². The molecule has 0 amide bonds. The molecule has 4 atom stereocenters. The van der Waals surface area contributed by atoms with E-state index in [0.29, 0.717) is 12.8 Å². The molecule has 0 radical (unpaired) electrons. The molecule has 0 heterocycles. The Morgan fingerprint density at radius 3 is 1.03 bits per heavy atom. The van der Waals surface area contributed by atoms with Crippen LogP contribution in [0.5, 0.6) is 0 Å². The van der Waals surface area contributed by atoms with Crippen LogP contribution in [-0.4, -0.2) is 37.8 Å². The van der Waals surface area contributed by atoms with E-state index in [1.54, 1.807) is 0 Å². The molecule has 6 heteroatoms. The zero-order valence-electron chi connectivity index (χ0n) is 19.3. The minimum absolute atomic E-state index is 0.0575. The Morgan fingerprint density at radius 2 is 0.645 bits per heavy atom. The van der Waals surface area contributed by atoms with Gasteiger partial charge in [0.25, 0.3) is 0 Å². The van der Waals surface area contributed by atoms with Crippen LogP contribution in [0.1, 0.15) is 122 Å². The summed E-state index contributed by atoms with van der Waals surface area (Å²) in [6.07, 6.45) is 18.4. The van der Waals surface area contributed by atoms with E-state index in [1.165, 1.54) is 19.3 Å². The van der Waals surface area contributed by atoms with Gasteiger partial charge in [-0.2, -0.15) is 0 Å². The van der Waals surface area contributed by atoms with Crippen LogP contribution >= 0.6 is 0 Å². The normalized spacial score (nSPS) is 35.5. The summed E-state index contributed by atoms with van der Waals surface area (Å²) in [6, 6.07) is 0. The van der Waals surface area contributed by atoms with Gasteiger partial charge in [-0.15, -0.1) is 0 Å². The lowest BCUT2D eigenvalue weighted by Crippen LogP contribution is -2.51. The summed E-state index contributed by atoms with van der Waals surface area (Å²) in [5.74, 6) is 0.115. The average molecular weight is 473 g/mol. The first-order valence-electron chi connectivity index (χ1n) is 13.4. The number of hydrogen-bond donors (Lipinski definition) is 0. The van der Waals surface area contributed by atoms with Gasteiger partial charge in [0, 0.05) is 0 Å². The molecule has 4 fully saturated rings. The molecule has 31 heavy (non-hydrogen) atoms. The molecule has 4 unspecified atom stereocenters. The summed E-state index contributed by atoms with van der Waals surface area (Å²) >= 11 is 0. The average Bonchev–Trinajstić information content (AvgIpc) is 2.91. The molecule has 0 spiro atoms. The highest BCUT2D eigenvalue weighted by atomic mass is 32.2. The first-order chi connectivity index (χ1) is 14.9. The monoisotopic (exact) mass is 472 g/mol. The third-order valence-electron chi connectivity index (χ3n) is 9.19. The van der Waals surface area contributed by atoms with Crippen molar-refractivity contribution in [3.05, 3.63) is 0 Å². The first-order valence-corrected chi connectivity index (χ1v) is 16.6. The Balaban J connectivity index is 1.62. The largest absolute Gasteiger partial charge is 0.228 e. The van der Waals surface area contributed by atoms with Crippen molar-refractivity contribution >= 4 is 19.7 Å². The van der Waals surface area contributed by atoms with E-state index < -0.39 is 19.7 Å². The second kappa shape index (κ2) is 10.4. The lowest BCUT2D eigenvalue weighted by Gasteiger charge is -2.45. The number of fused-ring (bicyclic) bond motifs is 1. The smallest absolute Gasteiger partial charge is 0.156 e. The molecule has 4 rings (SSSR count). The van der Waals surface area contributed by atoms with Crippen molar-refractivity contribution in [2.45, 2.75) is 143 Å². The molecule has 4 aliphatic carbocycles. The summed E-state index contributed by atoms with van der Waals surface area (Å²) in [6.45, 7) is 0. The molecule has 4 saturated carbocycles. The van der Waals surface area contributed by atoms with E-state index in [4.69, 9.17) is 0 Å². The van der Waals surface area contributed by atoms with Crippen LogP contribution in [0.4, 0.5) is 0 Å². The number of hydrogen-bond acceptors (Lipinski definition) is 4. The minimum Gasteiger partial charge on any atom is -0.228 e. The molecular weight excluding hydrogens is 428 g/mol. The van der Waals surface area contributed by atoms with Gasteiger partial charge in [-0.25, -0.2) is 16.8 Å². The van der Waals surface area contributed by atoms with Crippen molar-refractivity contribution in [1.29, 1.82) is 0 Å². The molecule has 0 aliphatic heterocycles. The van der Waals surface area contributed by atoms with Gasteiger partial charge < -0.3 is 0 Å². The number of sulfone groups is 2. The predicted molar refractivity (Wildman–Crippen MR) is 128 cm³/mol. The van der Waals surface area contributed by atoms with E-state index in [-0.39, 0.29) is 32.8 Å². The third kappa shape index (κ3) is 5.20. The van der Waals surface area contributed by atoms with Gasteiger partial charge in [-0.05, 0) is 63.2 Å². The van der Waals surface area contributed by atoms with Crippen LogP contribution < -0.4 is 0 Å². The highest BCUT2D eigenvalue weighted by molar-refractivity contribution is 7.93. The van der Waals surface area contributed by atoms with E-state index in [2.05, 4.69) is 0 Å². The van der Waals surface area contributed by atoms with Crippen molar-refractivity contribution in [2.24, 2.45) is 11.8 Å². The topological polar surface area (TPSA) is 68.3 Å². The van der Waals surface area contributed by atoms with Crippen molar-refractivity contribution in [3.63, 3.8) is 0 Å². The maximum absolute atomic E-state index is 13.8. The molecule has 0 bridgehead atoms.